The molecule has 2 aromatic rings. The summed E-state index contributed by atoms with van der Waals surface area (Å²) in [6.45, 7) is 5.42. The third-order valence-corrected chi connectivity index (χ3v) is 2.72. The maximum absolute atomic E-state index is 11.7. The lowest BCUT2D eigenvalue weighted by Gasteiger charge is -2.16. The van der Waals surface area contributed by atoms with E-state index in [-0.39, 0.29) is 6.29 Å². The summed E-state index contributed by atoms with van der Waals surface area (Å²) in [7, 11) is 0. The van der Waals surface area contributed by atoms with E-state index < -0.39 is 5.76 Å². The lowest BCUT2D eigenvalue weighted by Crippen LogP contribution is -2.23. The zero-order chi connectivity index (χ0) is 13.7. The second kappa shape index (κ2) is 6.49. The van der Waals surface area contributed by atoms with Crippen molar-refractivity contribution in [1.82, 2.24) is 9.55 Å². The van der Waals surface area contributed by atoms with E-state index in [1.54, 1.807) is 18.3 Å². The van der Waals surface area contributed by atoms with Gasteiger partial charge in [-0.05, 0) is 26.0 Å². The van der Waals surface area contributed by atoms with E-state index in [0.29, 0.717) is 37.4 Å². The minimum atomic E-state index is -0.402. The van der Waals surface area contributed by atoms with Crippen LogP contribution in [0.5, 0.6) is 0 Å². The zero-order valence-corrected chi connectivity index (χ0v) is 11.2. The van der Waals surface area contributed by atoms with Crippen molar-refractivity contribution in [1.29, 1.82) is 0 Å². The molecular formula is C13H18N2O4. The Hall–Kier alpha value is -1.66. The van der Waals surface area contributed by atoms with Crippen molar-refractivity contribution in [3.05, 3.63) is 28.9 Å². The third-order valence-electron chi connectivity index (χ3n) is 2.72. The number of nitrogens with zero attached hydrogens (tertiary/aromatic N) is 2. The van der Waals surface area contributed by atoms with Gasteiger partial charge in [0.1, 0.15) is 0 Å². The Labute approximate surface area is 110 Å². The number of fused-ring (bicyclic) bond motifs is 1. The average molecular weight is 266 g/mol. The number of oxazole rings is 1. The van der Waals surface area contributed by atoms with Crippen LogP contribution in [0.3, 0.4) is 0 Å². The molecule has 2 heterocycles. The molecule has 0 atom stereocenters. The van der Waals surface area contributed by atoms with Crippen molar-refractivity contribution in [2.75, 3.05) is 13.2 Å². The lowest BCUT2D eigenvalue weighted by atomic mass is 10.4. The van der Waals surface area contributed by atoms with Crippen LogP contribution in [-0.2, 0) is 16.0 Å². The Kier molecular flexibility index (Phi) is 4.70. The second-order valence-corrected chi connectivity index (χ2v) is 3.97. The second-order valence-electron chi connectivity index (χ2n) is 3.97. The standard InChI is InChI=1S/C13H18N2O4/c1-3-17-11(18-4-2)7-9-15-12-10(19-13(15)16)6-5-8-14-12/h5-6,8,11H,3-4,7,9H2,1-2H3. The van der Waals surface area contributed by atoms with Crippen LogP contribution in [0.4, 0.5) is 0 Å². The van der Waals surface area contributed by atoms with Crippen LogP contribution < -0.4 is 5.76 Å². The first-order valence-corrected chi connectivity index (χ1v) is 6.43. The summed E-state index contributed by atoms with van der Waals surface area (Å²) >= 11 is 0. The quantitative estimate of drug-likeness (QED) is 0.715. The van der Waals surface area contributed by atoms with Crippen molar-refractivity contribution in [2.24, 2.45) is 0 Å². The van der Waals surface area contributed by atoms with E-state index in [2.05, 4.69) is 4.98 Å². The number of ether oxygens (including phenoxy) is 2. The molecule has 0 amide bonds. The van der Waals surface area contributed by atoms with Gasteiger partial charge in [0.15, 0.2) is 17.5 Å². The summed E-state index contributed by atoms with van der Waals surface area (Å²) < 4.78 is 17.5. The van der Waals surface area contributed by atoms with E-state index in [9.17, 15) is 4.79 Å². The molecule has 0 aromatic carbocycles. The molecule has 0 radical (unpaired) electrons. The molecule has 6 heteroatoms. The smallest absolute Gasteiger partial charge is 0.406 e. The summed E-state index contributed by atoms with van der Waals surface area (Å²) in [6.07, 6.45) is 1.90. The highest BCUT2D eigenvalue weighted by molar-refractivity contribution is 5.67. The first-order valence-electron chi connectivity index (χ1n) is 6.43. The molecule has 19 heavy (non-hydrogen) atoms. The molecule has 0 bridgehead atoms. The third kappa shape index (κ3) is 3.21. The average Bonchev–Trinajstić information content (AvgIpc) is 2.72. The summed E-state index contributed by atoms with van der Waals surface area (Å²) in [5.41, 5.74) is 1.05. The first-order chi connectivity index (χ1) is 9.26. The van der Waals surface area contributed by atoms with Gasteiger partial charge in [0.2, 0.25) is 0 Å². The number of hydrogen-bond acceptors (Lipinski definition) is 5. The highest BCUT2D eigenvalue weighted by Gasteiger charge is 2.13. The highest BCUT2D eigenvalue weighted by atomic mass is 16.7. The van der Waals surface area contributed by atoms with Crippen LogP contribution in [0.15, 0.2) is 27.5 Å². The highest BCUT2D eigenvalue weighted by Crippen LogP contribution is 2.10. The topological polar surface area (TPSA) is 66.5 Å². The molecule has 0 spiro atoms. The summed E-state index contributed by atoms with van der Waals surface area (Å²) in [4.78, 5) is 15.9. The summed E-state index contributed by atoms with van der Waals surface area (Å²) in [6, 6.07) is 3.46. The Morgan fingerprint density at radius 3 is 2.79 bits per heavy atom. The number of hydrogen-bond donors (Lipinski definition) is 0. The fourth-order valence-corrected chi connectivity index (χ4v) is 1.92. The minimum Gasteiger partial charge on any atom is -0.406 e. The predicted molar refractivity (Wildman–Crippen MR) is 69.9 cm³/mol. The van der Waals surface area contributed by atoms with Gasteiger partial charge in [-0.15, -0.1) is 0 Å². The van der Waals surface area contributed by atoms with Gasteiger partial charge in [-0.25, -0.2) is 9.78 Å². The molecule has 0 aliphatic heterocycles. The van der Waals surface area contributed by atoms with Crippen molar-refractivity contribution in [3.8, 4) is 0 Å². The fraction of sp³-hybridized carbons (Fsp3) is 0.538. The Balaban J connectivity index is 2.12. The zero-order valence-electron chi connectivity index (χ0n) is 11.2. The largest absolute Gasteiger partial charge is 0.421 e. The maximum Gasteiger partial charge on any atom is 0.421 e. The van der Waals surface area contributed by atoms with Crippen molar-refractivity contribution >= 4 is 11.2 Å². The first kappa shape index (κ1) is 13.8. The van der Waals surface area contributed by atoms with E-state index >= 15 is 0 Å². The molecule has 2 rings (SSSR count). The summed E-state index contributed by atoms with van der Waals surface area (Å²) in [5.74, 6) is -0.402. The molecule has 0 unspecified atom stereocenters. The van der Waals surface area contributed by atoms with E-state index in [0.717, 1.165) is 0 Å². The predicted octanol–water partition coefficient (Wildman–Crippen LogP) is 1.78. The van der Waals surface area contributed by atoms with Crippen molar-refractivity contribution in [2.45, 2.75) is 33.1 Å². The molecular weight excluding hydrogens is 248 g/mol. The maximum atomic E-state index is 11.7. The molecule has 0 fully saturated rings. The molecule has 0 aliphatic carbocycles. The minimum absolute atomic E-state index is 0.310. The van der Waals surface area contributed by atoms with E-state index in [4.69, 9.17) is 13.9 Å². The van der Waals surface area contributed by atoms with Gasteiger partial charge in [0, 0.05) is 32.4 Å². The van der Waals surface area contributed by atoms with Crippen LogP contribution in [0.1, 0.15) is 20.3 Å². The van der Waals surface area contributed by atoms with Crippen LogP contribution in [0.25, 0.3) is 11.2 Å². The monoisotopic (exact) mass is 266 g/mol. The van der Waals surface area contributed by atoms with Gasteiger partial charge in [-0.1, -0.05) is 0 Å². The molecule has 0 N–H and O–H groups in total. The van der Waals surface area contributed by atoms with E-state index in [1.807, 2.05) is 13.8 Å². The molecule has 6 nitrogen and oxygen atoms in total. The molecule has 0 aliphatic rings. The van der Waals surface area contributed by atoms with E-state index in [1.165, 1.54) is 4.57 Å². The number of aryl methyl sites for hydroxylation is 1. The van der Waals surface area contributed by atoms with Crippen molar-refractivity contribution < 1.29 is 13.9 Å². The SMILES string of the molecule is CCOC(CCn1c(=O)oc2cccnc21)OCC. The van der Waals surface area contributed by atoms with Gasteiger partial charge < -0.3 is 13.9 Å². The Morgan fingerprint density at radius 2 is 2.11 bits per heavy atom. The molecule has 104 valence electrons. The molecule has 2 aromatic heterocycles. The Morgan fingerprint density at radius 1 is 1.37 bits per heavy atom. The van der Waals surface area contributed by atoms with Gasteiger partial charge >= 0.3 is 5.76 Å². The van der Waals surface area contributed by atoms with Crippen LogP contribution in [0, 0.1) is 0 Å². The fourth-order valence-electron chi connectivity index (χ4n) is 1.92. The number of aromatic nitrogens is 2. The van der Waals surface area contributed by atoms with Crippen molar-refractivity contribution in [3.63, 3.8) is 0 Å². The summed E-state index contributed by atoms with van der Waals surface area (Å²) in [5, 5.41) is 0. The van der Waals surface area contributed by atoms with Gasteiger partial charge in [0.25, 0.3) is 0 Å². The van der Waals surface area contributed by atoms with Crippen LogP contribution >= 0.6 is 0 Å². The Bertz CT molecular complexity index is 569. The number of rotatable bonds is 7. The van der Waals surface area contributed by atoms with Gasteiger partial charge in [-0.3, -0.25) is 4.57 Å². The lowest BCUT2D eigenvalue weighted by molar-refractivity contribution is -0.140. The number of pyridine rings is 1. The molecule has 0 saturated carbocycles. The van der Waals surface area contributed by atoms with Crippen LogP contribution in [-0.4, -0.2) is 29.1 Å². The van der Waals surface area contributed by atoms with Crippen LogP contribution in [0.2, 0.25) is 0 Å². The van der Waals surface area contributed by atoms with Gasteiger partial charge in [-0.2, -0.15) is 0 Å². The normalized spacial score (nSPS) is 11.5. The van der Waals surface area contributed by atoms with Gasteiger partial charge in [0.05, 0.1) is 0 Å². The molecule has 0 saturated heterocycles.